The summed E-state index contributed by atoms with van der Waals surface area (Å²) in [5.41, 5.74) is -0.0468. The summed E-state index contributed by atoms with van der Waals surface area (Å²) in [5.74, 6) is -0.957. The molecule has 0 bridgehead atoms. The van der Waals surface area contributed by atoms with Gasteiger partial charge in [0.25, 0.3) is 0 Å². The maximum Gasteiger partial charge on any atom is 0.506 e. The molecular weight excluding hydrogens is 221 g/mol. The molecule has 0 saturated heterocycles. The first-order chi connectivity index (χ1) is 7.41. The molecule has 1 aromatic carbocycles. The number of halogens is 1. The molecule has 0 radical (unpaired) electrons. The van der Waals surface area contributed by atoms with E-state index in [1.165, 1.54) is 6.92 Å². The maximum absolute atomic E-state index is 13.1. The number of hydrogen-bond acceptors (Lipinski definition) is 4. The Morgan fingerprint density at radius 2 is 2.25 bits per heavy atom. The fourth-order valence-electron chi connectivity index (χ4n) is 1.14. The van der Waals surface area contributed by atoms with Gasteiger partial charge < -0.3 is 9.84 Å². The number of hydrogen-bond donors (Lipinski definition) is 1. The highest BCUT2D eigenvalue weighted by Gasteiger charge is 2.17. The van der Waals surface area contributed by atoms with E-state index in [1.807, 2.05) is 0 Å². The molecule has 86 valence electrons. The summed E-state index contributed by atoms with van der Waals surface area (Å²) < 4.78 is 17.3. The van der Waals surface area contributed by atoms with Crippen LogP contribution in [0.2, 0.25) is 0 Å². The minimum atomic E-state index is -1.49. The molecule has 7 heteroatoms. The SMILES string of the molecule is Cc1cc(F)c([N+](=O)[O-])cc1COC(=O)O. The first kappa shape index (κ1) is 11.9. The largest absolute Gasteiger partial charge is 0.506 e. The third-order valence-corrected chi connectivity index (χ3v) is 1.95. The summed E-state index contributed by atoms with van der Waals surface area (Å²) in [5, 5.41) is 18.7. The van der Waals surface area contributed by atoms with Gasteiger partial charge in [-0.05, 0) is 24.1 Å². The molecule has 0 heterocycles. The molecule has 0 aliphatic rings. The fourth-order valence-corrected chi connectivity index (χ4v) is 1.14. The Kier molecular flexibility index (Phi) is 3.39. The average molecular weight is 229 g/mol. The number of benzene rings is 1. The van der Waals surface area contributed by atoms with Gasteiger partial charge in [0.15, 0.2) is 0 Å². The molecule has 0 aliphatic heterocycles. The van der Waals surface area contributed by atoms with Crippen LogP contribution in [0, 0.1) is 22.9 Å². The van der Waals surface area contributed by atoms with Gasteiger partial charge in [-0.1, -0.05) is 0 Å². The van der Waals surface area contributed by atoms with Gasteiger partial charge in [-0.25, -0.2) is 4.79 Å². The lowest BCUT2D eigenvalue weighted by atomic mass is 10.1. The summed E-state index contributed by atoms with van der Waals surface area (Å²) in [6, 6.07) is 1.94. The topological polar surface area (TPSA) is 89.7 Å². The maximum atomic E-state index is 13.1. The van der Waals surface area contributed by atoms with Crippen LogP contribution in [0.25, 0.3) is 0 Å². The second-order valence-electron chi connectivity index (χ2n) is 3.04. The van der Waals surface area contributed by atoms with Crippen molar-refractivity contribution in [2.45, 2.75) is 13.5 Å². The number of nitro groups is 1. The van der Waals surface area contributed by atoms with Gasteiger partial charge in [-0.15, -0.1) is 0 Å². The Bertz CT molecular complexity index is 446. The molecule has 1 aromatic rings. The first-order valence-electron chi connectivity index (χ1n) is 4.21. The number of rotatable bonds is 3. The predicted molar refractivity (Wildman–Crippen MR) is 50.6 cm³/mol. The summed E-state index contributed by atoms with van der Waals surface area (Å²) >= 11 is 0. The standard InChI is InChI=1S/C9H8FNO5/c1-5-2-7(10)8(11(14)15)3-6(5)4-16-9(12)13/h2-3H,4H2,1H3,(H,12,13). The Balaban J connectivity index is 3.05. The highest BCUT2D eigenvalue weighted by Crippen LogP contribution is 2.22. The zero-order valence-corrected chi connectivity index (χ0v) is 8.27. The van der Waals surface area contributed by atoms with E-state index in [2.05, 4.69) is 4.74 Å². The van der Waals surface area contributed by atoms with Crippen LogP contribution in [0.5, 0.6) is 0 Å². The lowest BCUT2D eigenvalue weighted by Gasteiger charge is -2.05. The minimum Gasteiger partial charge on any atom is -0.450 e. The molecule has 0 amide bonds. The number of nitrogens with zero attached hydrogens (tertiary/aromatic N) is 1. The van der Waals surface area contributed by atoms with E-state index in [4.69, 9.17) is 5.11 Å². The van der Waals surface area contributed by atoms with E-state index in [0.29, 0.717) is 5.56 Å². The molecule has 0 spiro atoms. The minimum absolute atomic E-state index is 0.260. The van der Waals surface area contributed by atoms with Crippen LogP contribution >= 0.6 is 0 Å². The van der Waals surface area contributed by atoms with Gasteiger partial charge >= 0.3 is 11.8 Å². The molecular formula is C9H8FNO5. The van der Waals surface area contributed by atoms with E-state index in [9.17, 15) is 19.3 Å². The summed E-state index contributed by atoms with van der Waals surface area (Å²) in [4.78, 5) is 19.7. The predicted octanol–water partition coefficient (Wildman–Crippen LogP) is 2.24. The van der Waals surface area contributed by atoms with E-state index in [-0.39, 0.29) is 12.2 Å². The van der Waals surface area contributed by atoms with Crippen LogP contribution < -0.4 is 0 Å². The number of carbonyl (C=O) groups is 1. The third kappa shape index (κ3) is 2.66. The monoisotopic (exact) mass is 229 g/mol. The Morgan fingerprint density at radius 1 is 1.62 bits per heavy atom. The van der Waals surface area contributed by atoms with E-state index >= 15 is 0 Å². The van der Waals surface area contributed by atoms with Crippen LogP contribution in [0.3, 0.4) is 0 Å². The van der Waals surface area contributed by atoms with Crippen molar-refractivity contribution in [3.05, 3.63) is 39.2 Å². The van der Waals surface area contributed by atoms with E-state index < -0.39 is 22.6 Å². The van der Waals surface area contributed by atoms with Gasteiger partial charge in [-0.3, -0.25) is 10.1 Å². The zero-order valence-electron chi connectivity index (χ0n) is 8.27. The number of carboxylic acid groups (broad SMARTS) is 1. The van der Waals surface area contributed by atoms with Crippen LogP contribution in [0.1, 0.15) is 11.1 Å². The molecule has 0 aromatic heterocycles. The lowest BCUT2D eigenvalue weighted by molar-refractivity contribution is -0.387. The Labute approximate surface area is 89.4 Å². The zero-order chi connectivity index (χ0) is 12.3. The third-order valence-electron chi connectivity index (χ3n) is 1.95. The highest BCUT2D eigenvalue weighted by atomic mass is 19.1. The van der Waals surface area contributed by atoms with Gasteiger partial charge in [0, 0.05) is 6.07 Å². The quantitative estimate of drug-likeness (QED) is 0.487. The van der Waals surface area contributed by atoms with Crippen molar-refractivity contribution in [2.75, 3.05) is 0 Å². The van der Waals surface area contributed by atoms with E-state index in [1.54, 1.807) is 0 Å². The second-order valence-corrected chi connectivity index (χ2v) is 3.04. The molecule has 0 atom stereocenters. The Hall–Kier alpha value is -2.18. The molecule has 0 aliphatic carbocycles. The van der Waals surface area contributed by atoms with Gasteiger partial charge in [0.1, 0.15) is 6.61 Å². The molecule has 0 unspecified atom stereocenters. The van der Waals surface area contributed by atoms with Crippen molar-refractivity contribution in [3.8, 4) is 0 Å². The smallest absolute Gasteiger partial charge is 0.450 e. The fraction of sp³-hybridized carbons (Fsp3) is 0.222. The normalized spacial score (nSPS) is 9.88. The van der Waals surface area contributed by atoms with Gasteiger partial charge in [-0.2, -0.15) is 4.39 Å². The van der Waals surface area contributed by atoms with Crippen LogP contribution in [-0.2, 0) is 11.3 Å². The highest BCUT2D eigenvalue weighted by molar-refractivity contribution is 5.57. The van der Waals surface area contributed by atoms with Gasteiger partial charge in [0.2, 0.25) is 5.82 Å². The summed E-state index contributed by atoms with van der Waals surface area (Å²) in [6.07, 6.45) is -1.49. The second kappa shape index (κ2) is 4.56. The van der Waals surface area contributed by atoms with Crippen LogP contribution in [-0.4, -0.2) is 16.2 Å². The number of nitro benzene ring substituents is 1. The van der Waals surface area contributed by atoms with Crippen molar-refractivity contribution in [3.63, 3.8) is 0 Å². The van der Waals surface area contributed by atoms with Crippen molar-refractivity contribution in [2.24, 2.45) is 0 Å². The number of aryl methyl sites for hydroxylation is 1. The average Bonchev–Trinajstić information content (AvgIpc) is 2.15. The van der Waals surface area contributed by atoms with Crippen molar-refractivity contribution in [1.29, 1.82) is 0 Å². The van der Waals surface area contributed by atoms with Crippen molar-refractivity contribution in [1.82, 2.24) is 0 Å². The molecule has 1 N–H and O–H groups in total. The Morgan fingerprint density at radius 3 is 2.75 bits per heavy atom. The number of ether oxygens (including phenoxy) is 1. The molecule has 1 rings (SSSR count). The van der Waals surface area contributed by atoms with Crippen molar-refractivity contribution < 1.29 is 24.0 Å². The van der Waals surface area contributed by atoms with Crippen LogP contribution in [0.4, 0.5) is 14.9 Å². The summed E-state index contributed by atoms with van der Waals surface area (Å²) in [6.45, 7) is 1.16. The summed E-state index contributed by atoms with van der Waals surface area (Å²) in [7, 11) is 0. The molecule has 6 nitrogen and oxygen atoms in total. The molecule has 0 fully saturated rings. The van der Waals surface area contributed by atoms with Gasteiger partial charge in [0.05, 0.1) is 4.92 Å². The first-order valence-corrected chi connectivity index (χ1v) is 4.21. The van der Waals surface area contributed by atoms with Crippen molar-refractivity contribution >= 4 is 11.8 Å². The van der Waals surface area contributed by atoms with E-state index in [0.717, 1.165) is 12.1 Å². The lowest BCUT2D eigenvalue weighted by Crippen LogP contribution is -2.03. The molecule has 16 heavy (non-hydrogen) atoms. The molecule has 0 saturated carbocycles. The van der Waals surface area contributed by atoms with Crippen LogP contribution in [0.15, 0.2) is 12.1 Å².